The van der Waals surface area contributed by atoms with Gasteiger partial charge in [-0.1, -0.05) is 18.2 Å². The largest absolute Gasteiger partial charge is 0.573 e. The molecule has 0 spiro atoms. The molecular weight excluding hydrogens is 333 g/mol. The molecule has 0 fully saturated rings. The second-order valence-electron chi connectivity index (χ2n) is 5.29. The molecule has 0 aliphatic carbocycles. The summed E-state index contributed by atoms with van der Waals surface area (Å²) in [6.07, 6.45) is -3.08. The van der Waals surface area contributed by atoms with Crippen molar-refractivity contribution < 1.29 is 22.7 Å². The molecule has 1 N–H and O–H groups in total. The lowest BCUT2D eigenvalue weighted by atomic mass is 10.1. The molecule has 0 radical (unpaired) electrons. The van der Waals surface area contributed by atoms with E-state index in [9.17, 15) is 18.0 Å². The molecule has 1 aromatic heterocycles. The number of rotatable bonds is 4. The Balaban J connectivity index is 1.68. The number of fused-ring (bicyclic) bond motifs is 1. The van der Waals surface area contributed by atoms with E-state index in [-0.39, 0.29) is 18.2 Å². The third-order valence-electron chi connectivity index (χ3n) is 3.45. The van der Waals surface area contributed by atoms with Crippen molar-refractivity contribution in [1.82, 2.24) is 10.3 Å². The maximum Gasteiger partial charge on any atom is 0.573 e. The van der Waals surface area contributed by atoms with Crippen LogP contribution in [0.25, 0.3) is 10.9 Å². The molecule has 0 saturated carbocycles. The predicted molar refractivity (Wildman–Crippen MR) is 86.0 cm³/mol. The van der Waals surface area contributed by atoms with Crippen LogP contribution in [0.15, 0.2) is 60.8 Å². The number of alkyl halides is 3. The highest BCUT2D eigenvalue weighted by atomic mass is 19.4. The molecule has 4 nitrogen and oxygen atoms in total. The van der Waals surface area contributed by atoms with E-state index in [2.05, 4.69) is 15.0 Å². The molecule has 3 rings (SSSR count). The molecule has 0 atom stereocenters. The van der Waals surface area contributed by atoms with Gasteiger partial charge in [-0.15, -0.1) is 13.2 Å². The number of nitrogens with zero attached hydrogens (tertiary/aromatic N) is 1. The first-order valence-corrected chi connectivity index (χ1v) is 7.38. The number of hydrogen-bond donors (Lipinski definition) is 1. The van der Waals surface area contributed by atoms with Gasteiger partial charge in [0.05, 0.1) is 5.52 Å². The van der Waals surface area contributed by atoms with E-state index in [0.29, 0.717) is 11.1 Å². The molecule has 25 heavy (non-hydrogen) atoms. The van der Waals surface area contributed by atoms with Crippen molar-refractivity contribution in [3.63, 3.8) is 0 Å². The van der Waals surface area contributed by atoms with Gasteiger partial charge in [0.15, 0.2) is 0 Å². The van der Waals surface area contributed by atoms with Gasteiger partial charge >= 0.3 is 6.36 Å². The van der Waals surface area contributed by atoms with Gasteiger partial charge < -0.3 is 10.1 Å². The number of hydrogen-bond acceptors (Lipinski definition) is 3. The summed E-state index contributed by atoms with van der Waals surface area (Å²) in [5, 5.41) is 3.50. The zero-order valence-corrected chi connectivity index (χ0v) is 12.9. The summed E-state index contributed by atoms with van der Waals surface area (Å²) >= 11 is 0. The number of amides is 1. The Morgan fingerprint density at radius 1 is 1.08 bits per heavy atom. The van der Waals surface area contributed by atoms with Gasteiger partial charge in [-0.05, 0) is 42.0 Å². The lowest BCUT2D eigenvalue weighted by Crippen LogP contribution is -2.23. The maximum atomic E-state index is 12.2. The SMILES string of the molecule is O=C(NCc1cccc(OC(F)(F)F)c1)c1ccc2ncccc2c1. The van der Waals surface area contributed by atoms with Gasteiger partial charge in [-0.2, -0.15) is 0 Å². The molecule has 1 amide bonds. The van der Waals surface area contributed by atoms with Crippen molar-refractivity contribution >= 4 is 16.8 Å². The van der Waals surface area contributed by atoms with E-state index >= 15 is 0 Å². The van der Waals surface area contributed by atoms with E-state index in [1.54, 1.807) is 36.5 Å². The smallest absolute Gasteiger partial charge is 0.406 e. The molecule has 1 heterocycles. The van der Waals surface area contributed by atoms with E-state index in [1.165, 1.54) is 18.2 Å². The van der Waals surface area contributed by atoms with Gasteiger partial charge in [0, 0.05) is 23.7 Å². The van der Waals surface area contributed by atoms with Gasteiger partial charge in [-0.25, -0.2) is 0 Å². The number of halogens is 3. The Labute approximate surface area is 141 Å². The van der Waals surface area contributed by atoms with Crippen LogP contribution in [0.5, 0.6) is 5.75 Å². The minimum Gasteiger partial charge on any atom is -0.406 e. The van der Waals surface area contributed by atoms with Crippen LogP contribution in [-0.2, 0) is 6.54 Å². The lowest BCUT2D eigenvalue weighted by molar-refractivity contribution is -0.274. The Morgan fingerprint density at radius 3 is 2.72 bits per heavy atom. The first-order valence-electron chi connectivity index (χ1n) is 7.38. The summed E-state index contributed by atoms with van der Waals surface area (Å²) in [6, 6.07) is 14.2. The molecule has 128 valence electrons. The average Bonchev–Trinajstić information content (AvgIpc) is 2.58. The van der Waals surface area contributed by atoms with Crippen LogP contribution in [0.2, 0.25) is 0 Å². The second-order valence-corrected chi connectivity index (χ2v) is 5.29. The van der Waals surface area contributed by atoms with Crippen LogP contribution in [0, 0.1) is 0 Å². The fraction of sp³-hybridized carbons (Fsp3) is 0.111. The first kappa shape index (κ1) is 16.8. The van der Waals surface area contributed by atoms with Crippen molar-refractivity contribution in [2.24, 2.45) is 0 Å². The molecule has 0 saturated heterocycles. The number of aromatic nitrogens is 1. The topological polar surface area (TPSA) is 51.2 Å². The van der Waals surface area contributed by atoms with E-state index in [0.717, 1.165) is 10.9 Å². The highest BCUT2D eigenvalue weighted by Gasteiger charge is 2.31. The molecule has 0 aliphatic rings. The third kappa shape index (κ3) is 4.47. The summed E-state index contributed by atoms with van der Waals surface area (Å²) in [5.41, 5.74) is 1.72. The molecule has 2 aromatic carbocycles. The van der Waals surface area contributed by atoms with E-state index in [4.69, 9.17) is 0 Å². The highest BCUT2D eigenvalue weighted by molar-refractivity contribution is 5.97. The normalized spacial score (nSPS) is 11.3. The molecule has 0 bridgehead atoms. The lowest BCUT2D eigenvalue weighted by Gasteiger charge is -2.11. The van der Waals surface area contributed by atoms with Crippen molar-refractivity contribution in [2.45, 2.75) is 12.9 Å². The summed E-state index contributed by atoms with van der Waals surface area (Å²) < 4.78 is 40.6. The molecular formula is C18H13F3N2O2. The Bertz CT molecular complexity index is 910. The maximum absolute atomic E-state index is 12.2. The highest BCUT2D eigenvalue weighted by Crippen LogP contribution is 2.23. The van der Waals surface area contributed by atoms with Crippen LogP contribution in [-0.4, -0.2) is 17.3 Å². The Kier molecular flexibility index (Phi) is 4.56. The monoisotopic (exact) mass is 346 g/mol. The van der Waals surface area contributed by atoms with Crippen LogP contribution in [0.3, 0.4) is 0 Å². The number of carbonyl (C=O) groups is 1. The van der Waals surface area contributed by atoms with Crippen molar-refractivity contribution in [1.29, 1.82) is 0 Å². The number of carbonyl (C=O) groups excluding carboxylic acids is 1. The second kappa shape index (κ2) is 6.80. The van der Waals surface area contributed by atoms with Crippen molar-refractivity contribution in [2.75, 3.05) is 0 Å². The van der Waals surface area contributed by atoms with Gasteiger partial charge in [0.2, 0.25) is 0 Å². The quantitative estimate of drug-likeness (QED) is 0.775. The third-order valence-corrected chi connectivity index (χ3v) is 3.45. The zero-order chi connectivity index (χ0) is 17.9. The van der Waals surface area contributed by atoms with E-state index in [1.807, 2.05) is 6.07 Å². The Morgan fingerprint density at radius 2 is 1.92 bits per heavy atom. The Hall–Kier alpha value is -3.09. The minimum atomic E-state index is -4.75. The molecule has 3 aromatic rings. The summed E-state index contributed by atoms with van der Waals surface area (Å²) in [7, 11) is 0. The minimum absolute atomic E-state index is 0.0823. The molecule has 0 aliphatic heterocycles. The summed E-state index contributed by atoms with van der Waals surface area (Å²) in [6.45, 7) is 0.0823. The van der Waals surface area contributed by atoms with Gasteiger partial charge in [0.25, 0.3) is 5.91 Å². The molecule has 0 unspecified atom stereocenters. The molecule has 7 heteroatoms. The van der Waals surface area contributed by atoms with Crippen molar-refractivity contribution in [3.05, 3.63) is 71.9 Å². The van der Waals surface area contributed by atoms with Crippen LogP contribution >= 0.6 is 0 Å². The van der Waals surface area contributed by atoms with Crippen LogP contribution in [0.4, 0.5) is 13.2 Å². The zero-order valence-electron chi connectivity index (χ0n) is 12.9. The average molecular weight is 346 g/mol. The standard InChI is InChI=1S/C18H13F3N2O2/c19-18(20,21)25-15-5-1-3-12(9-15)11-23-17(24)14-6-7-16-13(10-14)4-2-8-22-16/h1-10H,11H2,(H,23,24). The summed E-state index contributed by atoms with van der Waals surface area (Å²) in [5.74, 6) is -0.649. The van der Waals surface area contributed by atoms with E-state index < -0.39 is 6.36 Å². The van der Waals surface area contributed by atoms with Crippen LogP contribution < -0.4 is 10.1 Å². The number of ether oxygens (including phenoxy) is 1. The first-order chi connectivity index (χ1) is 11.9. The predicted octanol–water partition coefficient (Wildman–Crippen LogP) is 4.06. The van der Waals surface area contributed by atoms with Gasteiger partial charge in [0.1, 0.15) is 5.75 Å². The van der Waals surface area contributed by atoms with Crippen LogP contribution in [0.1, 0.15) is 15.9 Å². The fourth-order valence-electron chi connectivity index (χ4n) is 2.35. The fourth-order valence-corrected chi connectivity index (χ4v) is 2.35. The number of nitrogens with one attached hydrogen (secondary N) is 1. The number of benzene rings is 2. The van der Waals surface area contributed by atoms with Crippen molar-refractivity contribution in [3.8, 4) is 5.75 Å². The number of pyridine rings is 1. The van der Waals surface area contributed by atoms with Gasteiger partial charge in [-0.3, -0.25) is 9.78 Å². The summed E-state index contributed by atoms with van der Waals surface area (Å²) in [4.78, 5) is 16.4.